The Morgan fingerprint density at radius 1 is 1.41 bits per heavy atom. The van der Waals surface area contributed by atoms with Gasteiger partial charge in [-0.05, 0) is 31.1 Å². The molecule has 0 radical (unpaired) electrons. The summed E-state index contributed by atoms with van der Waals surface area (Å²) in [5, 5.41) is 3.01. The van der Waals surface area contributed by atoms with E-state index in [1.165, 1.54) is 12.8 Å². The third kappa shape index (κ3) is 4.88. The van der Waals surface area contributed by atoms with Crippen LogP contribution in [0.2, 0.25) is 0 Å². The van der Waals surface area contributed by atoms with E-state index in [0.29, 0.717) is 18.4 Å². The highest BCUT2D eigenvalue weighted by Crippen LogP contribution is 2.35. The van der Waals surface area contributed by atoms with E-state index in [0.717, 1.165) is 19.3 Å². The highest BCUT2D eigenvalue weighted by atomic mass is 19.3. The molecule has 17 heavy (non-hydrogen) atoms. The lowest BCUT2D eigenvalue weighted by Gasteiger charge is -2.41. The molecule has 0 saturated heterocycles. The number of nitrogens with one attached hydrogen (secondary N) is 1. The molecule has 1 aliphatic rings. The zero-order valence-corrected chi connectivity index (χ0v) is 11.0. The molecule has 2 atom stereocenters. The van der Waals surface area contributed by atoms with Crippen LogP contribution in [0, 0.1) is 11.8 Å². The molecular weight excluding hydrogens is 222 g/mol. The van der Waals surface area contributed by atoms with E-state index in [4.69, 9.17) is 5.73 Å². The minimum absolute atomic E-state index is 0.231. The van der Waals surface area contributed by atoms with Crippen molar-refractivity contribution in [3.05, 3.63) is 0 Å². The van der Waals surface area contributed by atoms with Gasteiger partial charge >= 0.3 is 0 Å². The van der Waals surface area contributed by atoms with Crippen LogP contribution in [0.3, 0.4) is 0 Å². The molecule has 4 heteroatoms. The molecule has 102 valence electrons. The van der Waals surface area contributed by atoms with Crippen LogP contribution >= 0.6 is 0 Å². The van der Waals surface area contributed by atoms with Crippen molar-refractivity contribution in [2.75, 3.05) is 13.1 Å². The molecule has 1 fully saturated rings. The fraction of sp³-hybridized carbons (Fsp3) is 1.00. The van der Waals surface area contributed by atoms with E-state index in [9.17, 15) is 8.78 Å². The van der Waals surface area contributed by atoms with Gasteiger partial charge in [-0.3, -0.25) is 0 Å². The molecule has 0 spiro atoms. The van der Waals surface area contributed by atoms with Crippen LogP contribution in [0.15, 0.2) is 0 Å². The quantitative estimate of drug-likeness (QED) is 0.758. The molecule has 0 aliphatic heterocycles. The Hall–Kier alpha value is -0.220. The molecule has 0 aromatic carbocycles. The maximum absolute atomic E-state index is 12.3. The van der Waals surface area contributed by atoms with Crippen molar-refractivity contribution in [2.45, 2.75) is 57.9 Å². The number of alkyl halides is 2. The average molecular weight is 248 g/mol. The summed E-state index contributed by atoms with van der Waals surface area (Å²) in [4.78, 5) is 0. The van der Waals surface area contributed by atoms with Gasteiger partial charge in [0.15, 0.2) is 0 Å². The first-order valence-electron chi connectivity index (χ1n) is 6.70. The van der Waals surface area contributed by atoms with Gasteiger partial charge in [-0.2, -0.15) is 0 Å². The normalized spacial score (nSPS) is 30.2. The molecule has 0 aromatic rings. The third-order valence-corrected chi connectivity index (χ3v) is 3.77. The standard InChI is InChI=1S/C13H26F2N2/c1-10(2)6-11-4-3-5-13(7-11,9-16)17-8-12(14)15/h10-12,17H,3-9,16H2,1-2H3. The second-order valence-corrected chi connectivity index (χ2v) is 5.85. The van der Waals surface area contributed by atoms with Gasteiger partial charge in [-0.1, -0.05) is 26.7 Å². The van der Waals surface area contributed by atoms with Crippen LogP contribution in [-0.2, 0) is 0 Å². The summed E-state index contributed by atoms with van der Waals surface area (Å²) in [6.45, 7) is 4.66. The van der Waals surface area contributed by atoms with Crippen molar-refractivity contribution < 1.29 is 8.78 Å². The summed E-state index contributed by atoms with van der Waals surface area (Å²) in [5.74, 6) is 1.31. The van der Waals surface area contributed by atoms with E-state index in [2.05, 4.69) is 19.2 Å². The molecule has 1 saturated carbocycles. The second-order valence-electron chi connectivity index (χ2n) is 5.85. The van der Waals surface area contributed by atoms with E-state index in [-0.39, 0.29) is 12.1 Å². The van der Waals surface area contributed by atoms with E-state index in [1.54, 1.807) is 0 Å². The van der Waals surface area contributed by atoms with Crippen LogP contribution in [0.5, 0.6) is 0 Å². The van der Waals surface area contributed by atoms with Gasteiger partial charge in [0.25, 0.3) is 6.43 Å². The molecule has 0 heterocycles. The summed E-state index contributed by atoms with van der Waals surface area (Å²) in [7, 11) is 0. The second kappa shape index (κ2) is 6.64. The zero-order valence-electron chi connectivity index (χ0n) is 11.0. The number of nitrogens with two attached hydrogens (primary N) is 1. The molecule has 0 bridgehead atoms. The number of hydrogen-bond acceptors (Lipinski definition) is 2. The first-order chi connectivity index (χ1) is 7.97. The average Bonchev–Trinajstić information content (AvgIpc) is 2.26. The van der Waals surface area contributed by atoms with Crippen LogP contribution < -0.4 is 11.1 Å². The highest BCUT2D eigenvalue weighted by Gasteiger charge is 2.35. The van der Waals surface area contributed by atoms with Crippen LogP contribution in [0.25, 0.3) is 0 Å². The minimum atomic E-state index is -2.29. The Bertz CT molecular complexity index is 221. The predicted octanol–water partition coefficient (Wildman–Crippen LogP) is 2.77. The fourth-order valence-electron chi connectivity index (χ4n) is 3.07. The van der Waals surface area contributed by atoms with Crippen LogP contribution in [0.4, 0.5) is 8.78 Å². The van der Waals surface area contributed by atoms with Gasteiger partial charge in [0.2, 0.25) is 0 Å². The van der Waals surface area contributed by atoms with Crippen LogP contribution in [-0.4, -0.2) is 25.1 Å². The number of rotatable bonds is 6. The summed E-state index contributed by atoms with van der Waals surface area (Å²) in [6, 6.07) is 0. The Kier molecular flexibility index (Phi) is 5.80. The molecule has 1 rings (SSSR count). The first-order valence-corrected chi connectivity index (χ1v) is 6.70. The van der Waals surface area contributed by atoms with Crippen molar-refractivity contribution in [1.82, 2.24) is 5.32 Å². The Labute approximate surface area is 103 Å². The van der Waals surface area contributed by atoms with E-state index >= 15 is 0 Å². The fourth-order valence-corrected chi connectivity index (χ4v) is 3.07. The molecule has 1 aliphatic carbocycles. The van der Waals surface area contributed by atoms with E-state index < -0.39 is 6.43 Å². The Morgan fingerprint density at radius 3 is 2.65 bits per heavy atom. The SMILES string of the molecule is CC(C)CC1CCCC(CN)(NCC(F)F)C1. The number of halogens is 2. The van der Waals surface area contributed by atoms with E-state index in [1.807, 2.05) is 0 Å². The van der Waals surface area contributed by atoms with Gasteiger partial charge in [-0.15, -0.1) is 0 Å². The largest absolute Gasteiger partial charge is 0.329 e. The molecule has 3 N–H and O–H groups in total. The van der Waals surface area contributed by atoms with Crippen molar-refractivity contribution in [2.24, 2.45) is 17.6 Å². The first kappa shape index (κ1) is 14.8. The van der Waals surface area contributed by atoms with Crippen molar-refractivity contribution in [3.8, 4) is 0 Å². The molecule has 2 unspecified atom stereocenters. The summed E-state index contributed by atoms with van der Waals surface area (Å²) >= 11 is 0. The predicted molar refractivity (Wildman–Crippen MR) is 67.2 cm³/mol. The van der Waals surface area contributed by atoms with Crippen molar-refractivity contribution in [3.63, 3.8) is 0 Å². The lowest BCUT2D eigenvalue weighted by Crippen LogP contribution is -2.55. The van der Waals surface area contributed by atoms with Crippen molar-refractivity contribution >= 4 is 0 Å². The summed E-state index contributed by atoms with van der Waals surface area (Å²) in [6.07, 6.45) is 3.10. The number of hydrogen-bond donors (Lipinski definition) is 2. The Morgan fingerprint density at radius 2 is 2.12 bits per heavy atom. The zero-order chi connectivity index (χ0) is 12.9. The molecule has 0 aromatic heterocycles. The van der Waals surface area contributed by atoms with Gasteiger partial charge in [-0.25, -0.2) is 8.78 Å². The smallest absolute Gasteiger partial charge is 0.250 e. The highest BCUT2D eigenvalue weighted by molar-refractivity contribution is 4.94. The molecular formula is C13H26F2N2. The molecule has 0 amide bonds. The Balaban J connectivity index is 2.52. The van der Waals surface area contributed by atoms with Gasteiger partial charge in [0.05, 0.1) is 6.54 Å². The summed E-state index contributed by atoms with van der Waals surface area (Å²) in [5.41, 5.74) is 5.57. The van der Waals surface area contributed by atoms with Gasteiger partial charge in [0, 0.05) is 12.1 Å². The molecule has 2 nitrogen and oxygen atoms in total. The topological polar surface area (TPSA) is 38.0 Å². The van der Waals surface area contributed by atoms with Crippen LogP contribution in [0.1, 0.15) is 46.0 Å². The maximum Gasteiger partial charge on any atom is 0.250 e. The lowest BCUT2D eigenvalue weighted by molar-refractivity contribution is 0.105. The third-order valence-electron chi connectivity index (χ3n) is 3.77. The summed E-state index contributed by atoms with van der Waals surface area (Å²) < 4.78 is 24.6. The minimum Gasteiger partial charge on any atom is -0.329 e. The lowest BCUT2D eigenvalue weighted by atomic mass is 9.73. The van der Waals surface area contributed by atoms with Gasteiger partial charge < -0.3 is 11.1 Å². The van der Waals surface area contributed by atoms with Gasteiger partial charge in [0.1, 0.15) is 0 Å². The van der Waals surface area contributed by atoms with Crippen molar-refractivity contribution in [1.29, 1.82) is 0 Å². The monoisotopic (exact) mass is 248 g/mol. The maximum atomic E-state index is 12.3.